The minimum atomic E-state index is -3.77. The molecule has 2 aromatic heterocycles. The summed E-state index contributed by atoms with van der Waals surface area (Å²) in [5.74, 6) is 0.00165. The lowest BCUT2D eigenvalue weighted by molar-refractivity contribution is -0.126. The lowest BCUT2D eigenvalue weighted by atomic mass is 9.99. The molecule has 1 atom stereocenters. The highest BCUT2D eigenvalue weighted by atomic mass is 32.2. The van der Waals surface area contributed by atoms with E-state index in [1.54, 1.807) is 18.3 Å². The second-order valence-electron chi connectivity index (χ2n) is 6.08. The Morgan fingerprint density at radius 1 is 1.44 bits per heavy atom. The number of carbonyl (C=O) groups excluding carboxylic acids is 1. The monoisotopic (exact) mass is 366 g/mol. The number of nitrogens with one attached hydrogen (secondary N) is 2. The SMILES string of the molecule is CCCNC(=O)[C@@H]1CCCN(S(=O)(=O)c2ccc(-c3ccn[nH]3)o2)C1. The van der Waals surface area contributed by atoms with Gasteiger partial charge in [-0.3, -0.25) is 9.89 Å². The van der Waals surface area contributed by atoms with Crippen molar-refractivity contribution in [3.05, 3.63) is 24.4 Å². The van der Waals surface area contributed by atoms with Gasteiger partial charge in [0.1, 0.15) is 5.69 Å². The molecule has 1 amide bonds. The van der Waals surface area contributed by atoms with E-state index in [9.17, 15) is 13.2 Å². The second kappa shape index (κ2) is 7.40. The molecule has 1 aliphatic heterocycles. The molecule has 0 unspecified atom stereocenters. The maximum atomic E-state index is 12.8. The van der Waals surface area contributed by atoms with Gasteiger partial charge in [0, 0.05) is 25.8 Å². The Balaban J connectivity index is 1.74. The molecule has 0 spiro atoms. The van der Waals surface area contributed by atoms with Gasteiger partial charge < -0.3 is 9.73 Å². The van der Waals surface area contributed by atoms with Crippen molar-refractivity contribution in [2.45, 2.75) is 31.3 Å². The van der Waals surface area contributed by atoms with Gasteiger partial charge in [-0.15, -0.1) is 0 Å². The lowest BCUT2D eigenvalue weighted by Gasteiger charge is -2.30. The summed E-state index contributed by atoms with van der Waals surface area (Å²) in [6.07, 6.45) is 3.76. The standard InChI is InChI=1S/C16H22N4O4S/c1-2-8-17-16(21)12-4-3-10-20(11-12)25(22,23)15-6-5-14(24-15)13-7-9-18-19-13/h5-7,9,12H,2-4,8,10-11H2,1H3,(H,17,21)(H,18,19)/t12-/m1/s1. The maximum absolute atomic E-state index is 12.8. The first-order valence-corrected chi connectivity index (χ1v) is 9.84. The van der Waals surface area contributed by atoms with Crippen molar-refractivity contribution in [2.75, 3.05) is 19.6 Å². The predicted octanol–water partition coefficient (Wildman–Crippen LogP) is 1.60. The highest BCUT2D eigenvalue weighted by Gasteiger charge is 2.35. The van der Waals surface area contributed by atoms with Gasteiger partial charge in [-0.2, -0.15) is 9.40 Å². The van der Waals surface area contributed by atoms with Crippen LogP contribution in [0.15, 0.2) is 33.9 Å². The van der Waals surface area contributed by atoms with E-state index < -0.39 is 10.0 Å². The molecule has 2 aromatic rings. The van der Waals surface area contributed by atoms with E-state index in [1.807, 2.05) is 6.92 Å². The van der Waals surface area contributed by atoms with Gasteiger partial charge in [0.05, 0.1) is 5.92 Å². The summed E-state index contributed by atoms with van der Waals surface area (Å²) in [7, 11) is -3.77. The molecule has 8 nitrogen and oxygen atoms in total. The van der Waals surface area contributed by atoms with Crippen molar-refractivity contribution >= 4 is 15.9 Å². The summed E-state index contributed by atoms with van der Waals surface area (Å²) >= 11 is 0. The fourth-order valence-electron chi connectivity index (χ4n) is 2.89. The van der Waals surface area contributed by atoms with Gasteiger partial charge in [0.25, 0.3) is 10.0 Å². The fraction of sp³-hybridized carbons (Fsp3) is 0.500. The number of amides is 1. The van der Waals surface area contributed by atoms with E-state index in [-0.39, 0.29) is 23.5 Å². The zero-order valence-electron chi connectivity index (χ0n) is 14.1. The number of rotatable bonds is 6. The van der Waals surface area contributed by atoms with E-state index in [1.165, 1.54) is 10.4 Å². The third-order valence-corrected chi connectivity index (χ3v) is 5.99. The van der Waals surface area contributed by atoms with Crippen molar-refractivity contribution < 1.29 is 17.6 Å². The van der Waals surface area contributed by atoms with Crippen molar-refractivity contribution in [3.63, 3.8) is 0 Å². The molecule has 3 heterocycles. The normalized spacial score (nSPS) is 19.0. The van der Waals surface area contributed by atoms with Crippen LogP contribution in [0, 0.1) is 5.92 Å². The molecule has 0 saturated carbocycles. The molecule has 25 heavy (non-hydrogen) atoms. The molecular weight excluding hydrogens is 344 g/mol. The number of aromatic nitrogens is 2. The van der Waals surface area contributed by atoms with Crippen LogP contribution in [-0.4, -0.2) is 48.5 Å². The van der Waals surface area contributed by atoms with Gasteiger partial charge in [-0.1, -0.05) is 6.92 Å². The number of carbonyl (C=O) groups is 1. The Bertz CT molecular complexity index is 813. The molecule has 0 bridgehead atoms. The van der Waals surface area contributed by atoms with Gasteiger partial charge in [-0.05, 0) is 37.5 Å². The van der Waals surface area contributed by atoms with E-state index in [4.69, 9.17) is 4.42 Å². The van der Waals surface area contributed by atoms with Crippen LogP contribution < -0.4 is 5.32 Å². The Morgan fingerprint density at radius 3 is 3.00 bits per heavy atom. The third-order valence-electron chi connectivity index (χ3n) is 4.25. The Hall–Kier alpha value is -2.13. The van der Waals surface area contributed by atoms with E-state index in [2.05, 4.69) is 15.5 Å². The smallest absolute Gasteiger partial charge is 0.276 e. The summed E-state index contributed by atoms with van der Waals surface area (Å²) in [5.41, 5.74) is 0.608. The molecule has 136 valence electrons. The van der Waals surface area contributed by atoms with Crippen LogP contribution in [0.3, 0.4) is 0 Å². The first-order chi connectivity index (χ1) is 12.0. The highest BCUT2D eigenvalue weighted by molar-refractivity contribution is 7.89. The number of furan rings is 1. The van der Waals surface area contributed by atoms with Crippen molar-refractivity contribution in [3.8, 4) is 11.5 Å². The predicted molar refractivity (Wildman–Crippen MR) is 91.1 cm³/mol. The largest absolute Gasteiger partial charge is 0.442 e. The summed E-state index contributed by atoms with van der Waals surface area (Å²) in [6.45, 7) is 3.15. The zero-order valence-corrected chi connectivity index (χ0v) is 14.9. The maximum Gasteiger partial charge on any atom is 0.276 e. The van der Waals surface area contributed by atoms with Gasteiger partial charge in [-0.25, -0.2) is 8.42 Å². The van der Waals surface area contributed by atoms with Gasteiger partial charge in [0.2, 0.25) is 11.0 Å². The Labute approximate surface area is 146 Å². The number of hydrogen-bond donors (Lipinski definition) is 2. The second-order valence-corrected chi connectivity index (χ2v) is 7.95. The molecular formula is C16H22N4O4S. The number of H-pyrrole nitrogens is 1. The minimum Gasteiger partial charge on any atom is -0.442 e. The van der Waals surface area contributed by atoms with Crippen LogP contribution in [0.2, 0.25) is 0 Å². The molecule has 0 aliphatic carbocycles. The van der Waals surface area contributed by atoms with Crippen LogP contribution in [0.5, 0.6) is 0 Å². The molecule has 2 N–H and O–H groups in total. The van der Waals surface area contributed by atoms with Crippen molar-refractivity contribution in [1.29, 1.82) is 0 Å². The highest BCUT2D eigenvalue weighted by Crippen LogP contribution is 2.28. The first kappa shape index (κ1) is 17.7. The molecule has 0 aromatic carbocycles. The van der Waals surface area contributed by atoms with Crippen molar-refractivity contribution in [2.24, 2.45) is 5.92 Å². The fourth-order valence-corrected chi connectivity index (χ4v) is 4.33. The average molecular weight is 366 g/mol. The van der Waals surface area contributed by atoms with Crippen LogP contribution >= 0.6 is 0 Å². The number of aromatic amines is 1. The summed E-state index contributed by atoms with van der Waals surface area (Å²) in [4.78, 5) is 12.2. The summed E-state index contributed by atoms with van der Waals surface area (Å²) in [5, 5.41) is 9.28. The van der Waals surface area contributed by atoms with Crippen LogP contribution in [0.4, 0.5) is 0 Å². The Kier molecular flexibility index (Phi) is 5.24. The topological polar surface area (TPSA) is 108 Å². The van der Waals surface area contributed by atoms with Gasteiger partial charge in [0.15, 0.2) is 5.76 Å². The van der Waals surface area contributed by atoms with E-state index in [0.29, 0.717) is 37.4 Å². The zero-order chi connectivity index (χ0) is 17.9. The number of sulfonamides is 1. The molecule has 1 saturated heterocycles. The molecule has 9 heteroatoms. The first-order valence-electron chi connectivity index (χ1n) is 8.40. The summed E-state index contributed by atoms with van der Waals surface area (Å²) in [6, 6.07) is 4.73. The minimum absolute atomic E-state index is 0.0839. The Morgan fingerprint density at radius 2 is 2.28 bits per heavy atom. The number of hydrogen-bond acceptors (Lipinski definition) is 5. The van der Waals surface area contributed by atoms with E-state index >= 15 is 0 Å². The van der Waals surface area contributed by atoms with Crippen LogP contribution in [0.25, 0.3) is 11.5 Å². The number of nitrogens with zero attached hydrogens (tertiary/aromatic N) is 2. The molecule has 3 rings (SSSR count). The van der Waals surface area contributed by atoms with Crippen molar-refractivity contribution in [1.82, 2.24) is 19.8 Å². The third kappa shape index (κ3) is 3.77. The van der Waals surface area contributed by atoms with E-state index in [0.717, 1.165) is 6.42 Å². The number of piperidine rings is 1. The van der Waals surface area contributed by atoms with Crippen LogP contribution in [-0.2, 0) is 14.8 Å². The quantitative estimate of drug-likeness (QED) is 0.807. The molecule has 1 aliphatic rings. The molecule has 0 radical (unpaired) electrons. The average Bonchev–Trinajstić information content (AvgIpc) is 3.30. The molecule has 1 fully saturated rings. The van der Waals surface area contributed by atoms with Crippen LogP contribution in [0.1, 0.15) is 26.2 Å². The van der Waals surface area contributed by atoms with Gasteiger partial charge >= 0.3 is 0 Å². The lowest BCUT2D eigenvalue weighted by Crippen LogP contribution is -2.45. The summed E-state index contributed by atoms with van der Waals surface area (Å²) < 4.78 is 32.5.